The number of piperidine rings is 1. The quantitative estimate of drug-likeness (QED) is 0.706. The highest BCUT2D eigenvalue weighted by molar-refractivity contribution is 6.35. The van der Waals surface area contributed by atoms with Crippen LogP contribution >= 0.6 is 23.2 Å². The van der Waals surface area contributed by atoms with Gasteiger partial charge < -0.3 is 10.1 Å². The predicted molar refractivity (Wildman–Crippen MR) is 98.6 cm³/mol. The normalized spacial score (nSPS) is 18.5. The number of amides is 1. The van der Waals surface area contributed by atoms with Gasteiger partial charge in [-0.1, -0.05) is 29.3 Å². The van der Waals surface area contributed by atoms with Gasteiger partial charge in [0.25, 0.3) is 0 Å². The highest BCUT2D eigenvalue weighted by Gasteiger charge is 2.25. The Morgan fingerprint density at radius 2 is 2.25 bits per heavy atom. The summed E-state index contributed by atoms with van der Waals surface area (Å²) in [4.78, 5) is 14.6. The molecule has 0 radical (unpaired) electrons. The van der Waals surface area contributed by atoms with E-state index in [1.54, 1.807) is 6.07 Å². The molecule has 1 aliphatic rings. The smallest absolute Gasteiger partial charge is 0.224 e. The zero-order valence-electron chi connectivity index (χ0n) is 14.2. The summed E-state index contributed by atoms with van der Waals surface area (Å²) in [6.07, 6.45) is 2.83. The molecule has 1 atom stereocenters. The minimum atomic E-state index is 0.0527. The number of halogens is 2. The molecular weight excluding hydrogens is 347 g/mol. The highest BCUT2D eigenvalue weighted by Crippen LogP contribution is 2.24. The third-order valence-electron chi connectivity index (χ3n) is 4.25. The van der Waals surface area contributed by atoms with E-state index in [4.69, 9.17) is 27.9 Å². The van der Waals surface area contributed by atoms with Crippen LogP contribution in [0.4, 0.5) is 0 Å². The molecular formula is C18H26Cl2N2O2. The Morgan fingerprint density at radius 1 is 1.42 bits per heavy atom. The van der Waals surface area contributed by atoms with E-state index in [2.05, 4.69) is 10.2 Å². The Kier molecular flexibility index (Phi) is 8.33. The number of carbonyl (C=O) groups excluding carboxylic acids is 1. The Bertz CT molecular complexity index is 540. The third-order valence-corrected chi connectivity index (χ3v) is 4.84. The lowest BCUT2D eigenvalue weighted by atomic mass is 9.96. The van der Waals surface area contributed by atoms with Crippen molar-refractivity contribution in [2.45, 2.75) is 32.7 Å². The van der Waals surface area contributed by atoms with Crippen molar-refractivity contribution in [3.05, 3.63) is 33.8 Å². The maximum atomic E-state index is 12.3. The maximum absolute atomic E-state index is 12.3. The van der Waals surface area contributed by atoms with Crippen molar-refractivity contribution < 1.29 is 9.53 Å². The van der Waals surface area contributed by atoms with E-state index < -0.39 is 0 Å². The van der Waals surface area contributed by atoms with Crippen molar-refractivity contribution in [2.75, 3.05) is 32.8 Å². The molecule has 2 rings (SSSR count). The lowest BCUT2D eigenvalue weighted by Gasteiger charge is -2.32. The Hall–Kier alpha value is -0.810. The van der Waals surface area contributed by atoms with Gasteiger partial charge >= 0.3 is 0 Å². The van der Waals surface area contributed by atoms with Crippen molar-refractivity contribution in [3.8, 4) is 0 Å². The fourth-order valence-corrected chi connectivity index (χ4v) is 3.45. The first-order chi connectivity index (χ1) is 11.6. The Morgan fingerprint density at radius 3 is 3.00 bits per heavy atom. The summed E-state index contributed by atoms with van der Waals surface area (Å²) in [6.45, 7) is 6.59. The lowest BCUT2D eigenvalue weighted by Crippen LogP contribution is -2.43. The molecule has 1 unspecified atom stereocenters. The van der Waals surface area contributed by atoms with Crippen LogP contribution in [0.15, 0.2) is 18.2 Å². The Balaban J connectivity index is 1.79. The van der Waals surface area contributed by atoms with Crippen LogP contribution in [0.3, 0.4) is 0 Å². The molecule has 1 N–H and O–H groups in total. The number of rotatable bonds is 8. The van der Waals surface area contributed by atoms with Crippen molar-refractivity contribution in [3.63, 3.8) is 0 Å². The first kappa shape index (κ1) is 19.5. The van der Waals surface area contributed by atoms with Gasteiger partial charge in [0.1, 0.15) is 0 Å². The minimum absolute atomic E-state index is 0.0527. The van der Waals surface area contributed by atoms with Crippen LogP contribution in [0.25, 0.3) is 0 Å². The second kappa shape index (κ2) is 10.2. The number of hydrogen-bond acceptors (Lipinski definition) is 3. The first-order valence-electron chi connectivity index (χ1n) is 8.62. The van der Waals surface area contributed by atoms with Crippen molar-refractivity contribution >= 4 is 29.1 Å². The van der Waals surface area contributed by atoms with Crippen LogP contribution in [-0.4, -0.2) is 43.7 Å². The molecule has 6 heteroatoms. The molecule has 1 fully saturated rings. The largest absolute Gasteiger partial charge is 0.382 e. The number of ether oxygens (including phenoxy) is 1. The van der Waals surface area contributed by atoms with E-state index in [1.165, 1.54) is 0 Å². The SMILES string of the molecule is CCOCCCNC(=O)C1CCCN(Cc2ccc(Cl)cc2Cl)C1. The number of hydrogen-bond donors (Lipinski definition) is 1. The van der Waals surface area contributed by atoms with Crippen LogP contribution < -0.4 is 5.32 Å². The van der Waals surface area contributed by atoms with Crippen molar-refractivity contribution in [2.24, 2.45) is 5.92 Å². The fraction of sp³-hybridized carbons (Fsp3) is 0.611. The average Bonchev–Trinajstić information content (AvgIpc) is 2.57. The lowest BCUT2D eigenvalue weighted by molar-refractivity contribution is -0.126. The van der Waals surface area contributed by atoms with Gasteiger partial charge in [-0.15, -0.1) is 0 Å². The zero-order chi connectivity index (χ0) is 17.4. The van der Waals surface area contributed by atoms with Crippen LogP contribution in [0.2, 0.25) is 10.0 Å². The second-order valence-electron chi connectivity index (χ2n) is 6.15. The van der Waals surface area contributed by atoms with Gasteiger partial charge in [-0.2, -0.15) is 0 Å². The van der Waals surface area contributed by atoms with Gasteiger partial charge in [-0.3, -0.25) is 9.69 Å². The molecule has 1 amide bonds. The molecule has 4 nitrogen and oxygen atoms in total. The van der Waals surface area contributed by atoms with Crippen molar-refractivity contribution in [1.82, 2.24) is 10.2 Å². The average molecular weight is 373 g/mol. The number of nitrogens with one attached hydrogen (secondary N) is 1. The standard InChI is InChI=1S/C18H26Cl2N2O2/c1-2-24-10-4-8-21-18(23)15-5-3-9-22(13-15)12-14-6-7-16(19)11-17(14)20/h6-7,11,15H,2-5,8-10,12-13H2,1H3,(H,21,23). The van der Waals surface area contributed by atoms with Crippen LogP contribution in [0.1, 0.15) is 31.7 Å². The maximum Gasteiger partial charge on any atom is 0.224 e. The number of nitrogens with zero attached hydrogens (tertiary/aromatic N) is 1. The van der Waals surface area contributed by atoms with E-state index in [0.717, 1.165) is 51.1 Å². The Labute approximate surface area is 154 Å². The molecule has 1 aliphatic heterocycles. The van der Waals surface area contributed by atoms with E-state index >= 15 is 0 Å². The van der Waals surface area contributed by atoms with Gasteiger partial charge in [0.05, 0.1) is 5.92 Å². The molecule has 0 saturated carbocycles. The third kappa shape index (κ3) is 6.25. The van der Waals surface area contributed by atoms with Crippen LogP contribution in [0, 0.1) is 5.92 Å². The summed E-state index contributed by atoms with van der Waals surface area (Å²) >= 11 is 12.2. The van der Waals surface area contributed by atoms with Crippen LogP contribution in [0.5, 0.6) is 0 Å². The van der Waals surface area contributed by atoms with Gasteiger partial charge in [-0.25, -0.2) is 0 Å². The first-order valence-corrected chi connectivity index (χ1v) is 9.37. The molecule has 0 spiro atoms. The van der Waals surface area contributed by atoms with E-state index in [1.807, 2.05) is 19.1 Å². The molecule has 1 aromatic rings. The summed E-state index contributed by atoms with van der Waals surface area (Å²) < 4.78 is 5.28. The minimum Gasteiger partial charge on any atom is -0.382 e. The molecule has 24 heavy (non-hydrogen) atoms. The van der Waals surface area contributed by atoms with Gasteiger partial charge in [0.15, 0.2) is 0 Å². The number of likely N-dealkylation sites (tertiary alicyclic amines) is 1. The zero-order valence-corrected chi connectivity index (χ0v) is 15.7. The summed E-state index contributed by atoms with van der Waals surface area (Å²) in [5.41, 5.74) is 1.05. The molecule has 0 bridgehead atoms. The molecule has 1 aromatic carbocycles. The summed E-state index contributed by atoms with van der Waals surface area (Å²) in [5.74, 6) is 0.204. The molecule has 134 valence electrons. The van der Waals surface area contributed by atoms with E-state index in [-0.39, 0.29) is 11.8 Å². The van der Waals surface area contributed by atoms with E-state index in [0.29, 0.717) is 23.2 Å². The van der Waals surface area contributed by atoms with Crippen molar-refractivity contribution in [1.29, 1.82) is 0 Å². The molecule has 1 heterocycles. The summed E-state index contributed by atoms with van der Waals surface area (Å²) in [7, 11) is 0. The highest BCUT2D eigenvalue weighted by atomic mass is 35.5. The van der Waals surface area contributed by atoms with Crippen LogP contribution in [-0.2, 0) is 16.1 Å². The van der Waals surface area contributed by atoms with Gasteiger partial charge in [0.2, 0.25) is 5.91 Å². The van der Waals surface area contributed by atoms with E-state index in [9.17, 15) is 4.79 Å². The van der Waals surface area contributed by atoms with Gasteiger partial charge in [-0.05, 0) is 50.4 Å². The number of carbonyl (C=O) groups is 1. The second-order valence-corrected chi connectivity index (χ2v) is 7.00. The summed E-state index contributed by atoms with van der Waals surface area (Å²) in [6, 6.07) is 5.59. The summed E-state index contributed by atoms with van der Waals surface area (Å²) in [5, 5.41) is 4.36. The molecule has 1 saturated heterocycles. The topological polar surface area (TPSA) is 41.6 Å². The van der Waals surface area contributed by atoms with Gasteiger partial charge in [0, 0.05) is 42.9 Å². The molecule has 0 aromatic heterocycles. The number of benzene rings is 1. The predicted octanol–water partition coefficient (Wildman–Crippen LogP) is 3.75. The monoisotopic (exact) mass is 372 g/mol. The molecule has 0 aliphatic carbocycles. The fourth-order valence-electron chi connectivity index (χ4n) is 2.98.